The normalized spacial score (nSPS) is 11.0. The van der Waals surface area contributed by atoms with Gasteiger partial charge in [0.25, 0.3) is 0 Å². The fraction of sp³-hybridized carbons (Fsp3) is 0.250. The molecule has 5 heteroatoms. The van der Waals surface area contributed by atoms with Gasteiger partial charge in [0.05, 0.1) is 12.7 Å². The van der Waals surface area contributed by atoms with Crippen LogP contribution in [0.2, 0.25) is 0 Å². The number of aryl methyl sites for hydroxylation is 1. The van der Waals surface area contributed by atoms with Crippen molar-refractivity contribution in [3.05, 3.63) is 54.0 Å². The second kappa shape index (κ2) is 5.83. The van der Waals surface area contributed by atoms with Crippen LogP contribution in [-0.2, 0) is 17.8 Å². The number of benzene rings is 1. The highest BCUT2D eigenvalue weighted by molar-refractivity contribution is 5.84. The lowest BCUT2D eigenvalue weighted by atomic mass is 10.1. The van der Waals surface area contributed by atoms with E-state index in [1.54, 1.807) is 12.5 Å². The monoisotopic (exact) mass is 284 g/mol. The Balaban J connectivity index is 1.88. The third kappa shape index (κ3) is 2.97. The summed E-state index contributed by atoms with van der Waals surface area (Å²) in [6.45, 7) is 0.697. The van der Waals surface area contributed by atoms with E-state index < -0.39 is 5.97 Å². The Bertz CT molecular complexity index is 744. The van der Waals surface area contributed by atoms with E-state index in [9.17, 15) is 4.79 Å². The van der Waals surface area contributed by atoms with E-state index in [2.05, 4.69) is 28.1 Å². The number of fused-ring (bicyclic) bond motifs is 1. The summed E-state index contributed by atoms with van der Waals surface area (Å²) in [5, 5.41) is 13.7. The minimum Gasteiger partial charge on any atom is -0.481 e. The van der Waals surface area contributed by atoms with Gasteiger partial charge in [0.1, 0.15) is 6.26 Å². The zero-order chi connectivity index (χ0) is 14.7. The van der Waals surface area contributed by atoms with Crippen molar-refractivity contribution in [2.75, 3.05) is 0 Å². The third-order valence-corrected chi connectivity index (χ3v) is 3.54. The summed E-state index contributed by atoms with van der Waals surface area (Å²) in [5.41, 5.74) is 3.33. The van der Waals surface area contributed by atoms with Gasteiger partial charge >= 0.3 is 5.97 Å². The predicted octanol–water partition coefficient (Wildman–Crippen LogP) is 3.08. The van der Waals surface area contributed by atoms with Crippen molar-refractivity contribution in [2.45, 2.75) is 25.8 Å². The van der Waals surface area contributed by atoms with Gasteiger partial charge in [-0.15, -0.1) is 0 Å². The molecule has 0 amide bonds. The maximum atomic E-state index is 10.6. The molecule has 0 fully saturated rings. The molecular formula is C16H16N2O3. The summed E-state index contributed by atoms with van der Waals surface area (Å²) in [4.78, 5) is 10.6. The molecule has 2 aromatic heterocycles. The number of nitrogens with zero attached hydrogens (tertiary/aromatic N) is 2. The molecule has 0 radical (unpaired) electrons. The van der Waals surface area contributed by atoms with E-state index >= 15 is 0 Å². The molecule has 0 aliphatic carbocycles. The Morgan fingerprint density at radius 3 is 2.95 bits per heavy atom. The largest absolute Gasteiger partial charge is 0.481 e. The number of hydrogen-bond acceptors (Lipinski definition) is 3. The Kier molecular flexibility index (Phi) is 3.73. The lowest BCUT2D eigenvalue weighted by molar-refractivity contribution is -0.137. The van der Waals surface area contributed by atoms with Gasteiger partial charge in [0, 0.05) is 29.1 Å². The maximum absolute atomic E-state index is 10.6. The van der Waals surface area contributed by atoms with Gasteiger partial charge in [-0.05, 0) is 24.5 Å². The van der Waals surface area contributed by atoms with E-state index in [0.29, 0.717) is 13.0 Å². The molecule has 0 saturated heterocycles. The van der Waals surface area contributed by atoms with Crippen molar-refractivity contribution in [1.82, 2.24) is 9.72 Å². The molecule has 0 saturated carbocycles. The van der Waals surface area contributed by atoms with Crippen LogP contribution in [-0.4, -0.2) is 20.8 Å². The van der Waals surface area contributed by atoms with Crippen molar-refractivity contribution in [2.24, 2.45) is 0 Å². The van der Waals surface area contributed by atoms with Crippen LogP contribution in [0.5, 0.6) is 0 Å². The zero-order valence-corrected chi connectivity index (χ0v) is 11.5. The molecule has 0 bridgehead atoms. The number of aromatic nitrogens is 2. The summed E-state index contributed by atoms with van der Waals surface area (Å²) in [7, 11) is 0. The van der Waals surface area contributed by atoms with Crippen molar-refractivity contribution in [1.29, 1.82) is 0 Å². The molecule has 0 atom stereocenters. The van der Waals surface area contributed by atoms with Crippen molar-refractivity contribution < 1.29 is 14.4 Å². The Morgan fingerprint density at radius 1 is 1.33 bits per heavy atom. The van der Waals surface area contributed by atoms with Crippen LogP contribution in [0.15, 0.2) is 47.4 Å². The topological polar surface area (TPSA) is 68.3 Å². The molecule has 108 valence electrons. The minimum absolute atomic E-state index is 0.200. The van der Waals surface area contributed by atoms with E-state index in [-0.39, 0.29) is 6.42 Å². The summed E-state index contributed by atoms with van der Waals surface area (Å²) < 4.78 is 7.02. The van der Waals surface area contributed by atoms with E-state index in [1.165, 1.54) is 10.9 Å². The molecule has 1 N–H and O–H groups in total. The Hall–Kier alpha value is -2.56. The van der Waals surface area contributed by atoms with Crippen LogP contribution >= 0.6 is 0 Å². The first-order valence-corrected chi connectivity index (χ1v) is 6.91. The Morgan fingerprint density at radius 2 is 2.19 bits per heavy atom. The fourth-order valence-electron chi connectivity index (χ4n) is 2.58. The summed E-state index contributed by atoms with van der Waals surface area (Å²) in [6.07, 6.45) is 7.06. The first-order valence-electron chi connectivity index (χ1n) is 6.91. The average Bonchev–Trinajstić information content (AvgIpc) is 3.09. The van der Waals surface area contributed by atoms with Crippen LogP contribution in [0.4, 0.5) is 0 Å². The molecule has 3 aromatic rings. The second-order valence-electron chi connectivity index (χ2n) is 5.08. The molecule has 3 rings (SSSR count). The third-order valence-electron chi connectivity index (χ3n) is 3.54. The van der Waals surface area contributed by atoms with Gasteiger partial charge in [-0.2, -0.15) is 0 Å². The molecule has 0 spiro atoms. The van der Waals surface area contributed by atoms with Crippen LogP contribution in [0, 0.1) is 0 Å². The van der Waals surface area contributed by atoms with Crippen molar-refractivity contribution in [3.8, 4) is 0 Å². The average molecular weight is 284 g/mol. The number of carbonyl (C=O) groups is 1. The quantitative estimate of drug-likeness (QED) is 0.755. The first-order chi connectivity index (χ1) is 10.2. The highest BCUT2D eigenvalue weighted by Crippen LogP contribution is 2.23. The van der Waals surface area contributed by atoms with Gasteiger partial charge in [-0.3, -0.25) is 4.79 Å². The van der Waals surface area contributed by atoms with E-state index in [0.717, 1.165) is 17.5 Å². The number of aliphatic carboxylic acids is 1. The molecule has 1 aromatic carbocycles. The summed E-state index contributed by atoms with van der Waals surface area (Å²) in [6, 6.07) is 8.17. The van der Waals surface area contributed by atoms with Crippen molar-refractivity contribution >= 4 is 16.9 Å². The highest BCUT2D eigenvalue weighted by atomic mass is 16.5. The number of hydrogen-bond donors (Lipinski definition) is 1. The lowest BCUT2D eigenvalue weighted by Crippen LogP contribution is -1.97. The van der Waals surface area contributed by atoms with Gasteiger partial charge in [0.15, 0.2) is 0 Å². The number of para-hydroxylation sites is 1. The van der Waals surface area contributed by atoms with Gasteiger partial charge in [-0.1, -0.05) is 23.4 Å². The van der Waals surface area contributed by atoms with Gasteiger partial charge in [-0.25, -0.2) is 0 Å². The summed E-state index contributed by atoms with van der Waals surface area (Å²) in [5.74, 6) is -0.747. The fourth-order valence-corrected chi connectivity index (χ4v) is 2.58. The SMILES string of the molecule is O=C(O)CCCc1cn(Cc2cnoc2)c2ccccc12. The van der Waals surface area contributed by atoms with Crippen LogP contribution < -0.4 is 0 Å². The zero-order valence-electron chi connectivity index (χ0n) is 11.5. The standard InChI is InChI=1S/C16H16N2O3/c19-16(20)7-3-4-13-10-18(9-12-8-17-21-11-12)15-6-2-1-5-14(13)15/h1-2,5-6,8,10-11H,3-4,7,9H2,(H,19,20). The molecule has 2 heterocycles. The van der Waals surface area contributed by atoms with E-state index in [1.807, 2.05) is 12.1 Å². The summed E-state index contributed by atoms with van der Waals surface area (Å²) >= 11 is 0. The maximum Gasteiger partial charge on any atom is 0.303 e. The molecule has 21 heavy (non-hydrogen) atoms. The van der Waals surface area contributed by atoms with Gasteiger partial charge in [0.2, 0.25) is 0 Å². The first kappa shape index (κ1) is 13.4. The highest BCUT2D eigenvalue weighted by Gasteiger charge is 2.09. The predicted molar refractivity (Wildman–Crippen MR) is 78.1 cm³/mol. The molecule has 0 aliphatic heterocycles. The second-order valence-corrected chi connectivity index (χ2v) is 5.08. The van der Waals surface area contributed by atoms with Crippen LogP contribution in [0.3, 0.4) is 0 Å². The van der Waals surface area contributed by atoms with Gasteiger partial charge < -0.3 is 14.2 Å². The molecular weight excluding hydrogens is 268 g/mol. The smallest absolute Gasteiger partial charge is 0.303 e. The number of rotatable bonds is 6. The molecule has 0 aliphatic rings. The van der Waals surface area contributed by atoms with Crippen LogP contribution in [0.25, 0.3) is 10.9 Å². The Labute approximate surface area is 121 Å². The number of carboxylic acids is 1. The van der Waals surface area contributed by atoms with Crippen LogP contribution in [0.1, 0.15) is 24.0 Å². The number of carboxylic acid groups (broad SMARTS) is 1. The lowest BCUT2D eigenvalue weighted by Gasteiger charge is -2.01. The van der Waals surface area contributed by atoms with Crippen molar-refractivity contribution in [3.63, 3.8) is 0 Å². The van der Waals surface area contributed by atoms with E-state index in [4.69, 9.17) is 9.63 Å². The molecule has 5 nitrogen and oxygen atoms in total. The minimum atomic E-state index is -0.747. The molecule has 0 unspecified atom stereocenters.